The first-order valence-electron chi connectivity index (χ1n) is 12.9. The number of allylic oxidation sites excluding steroid dienone is 3. The van der Waals surface area contributed by atoms with Crippen LogP contribution in [0.5, 0.6) is 5.75 Å². The Labute approximate surface area is 235 Å². The molecule has 0 aliphatic carbocycles. The lowest BCUT2D eigenvalue weighted by atomic mass is 10.0. The normalized spacial score (nSPS) is 11.4. The monoisotopic (exact) mass is 559 g/mol. The maximum Gasteiger partial charge on any atom is 0.573 e. The van der Waals surface area contributed by atoms with Gasteiger partial charge >= 0.3 is 6.36 Å². The third kappa shape index (κ3) is 11.1. The standard InChI is InChI=1S/C21H27N3O2.C8H7F3O.C2H6/c1-7-8-15(2)18-13-17(24-12-11-22-16(3)20(24)25)9-10-19(18)23(6)14-21(4,5)26;1-6-2-4-7(5-3-6)12-8(9,10)11;1-2/h7-13,26H,1,14H2,2-6H3;2-5H,1H3;1-2H3/b15-8-;;. The van der Waals surface area contributed by atoms with E-state index in [1.165, 1.54) is 12.1 Å². The molecule has 1 aromatic heterocycles. The van der Waals surface area contributed by atoms with E-state index in [4.69, 9.17) is 0 Å². The summed E-state index contributed by atoms with van der Waals surface area (Å²) in [6, 6.07) is 11.5. The Morgan fingerprint density at radius 3 is 2.25 bits per heavy atom. The van der Waals surface area contributed by atoms with Crippen molar-refractivity contribution in [3.8, 4) is 11.4 Å². The van der Waals surface area contributed by atoms with Gasteiger partial charge < -0.3 is 14.7 Å². The van der Waals surface area contributed by atoms with Crippen LogP contribution in [-0.4, -0.2) is 40.2 Å². The molecule has 1 N–H and O–H groups in total. The van der Waals surface area contributed by atoms with Crippen LogP contribution < -0.4 is 15.2 Å². The number of aliphatic hydroxyl groups is 1. The number of nitrogens with zero attached hydrogens (tertiary/aromatic N) is 3. The van der Waals surface area contributed by atoms with Gasteiger partial charge in [-0.1, -0.05) is 50.3 Å². The lowest BCUT2D eigenvalue weighted by Crippen LogP contribution is -2.36. The van der Waals surface area contributed by atoms with Crippen molar-refractivity contribution >= 4 is 11.3 Å². The average Bonchev–Trinajstić information content (AvgIpc) is 2.87. The first kappa shape index (κ1) is 34.2. The molecule has 6 nitrogen and oxygen atoms in total. The Hall–Kier alpha value is -3.85. The molecule has 0 amide bonds. The predicted molar refractivity (Wildman–Crippen MR) is 157 cm³/mol. The Bertz CT molecular complexity index is 1320. The van der Waals surface area contributed by atoms with E-state index >= 15 is 0 Å². The molecule has 0 aliphatic rings. The number of anilines is 1. The van der Waals surface area contributed by atoms with Gasteiger partial charge in [0.15, 0.2) is 0 Å². The number of likely N-dealkylation sites (N-methyl/N-ethyl adjacent to an activating group) is 1. The number of hydrogen-bond donors (Lipinski definition) is 1. The molecular weight excluding hydrogens is 519 g/mol. The summed E-state index contributed by atoms with van der Waals surface area (Å²) in [5.74, 6) is -0.187. The van der Waals surface area contributed by atoms with E-state index in [9.17, 15) is 23.1 Å². The lowest BCUT2D eigenvalue weighted by Gasteiger charge is -2.29. The first-order valence-corrected chi connectivity index (χ1v) is 12.9. The molecule has 3 rings (SSSR count). The Morgan fingerprint density at radius 2 is 1.73 bits per heavy atom. The van der Waals surface area contributed by atoms with Crippen molar-refractivity contribution in [2.24, 2.45) is 0 Å². The van der Waals surface area contributed by atoms with Gasteiger partial charge in [0.2, 0.25) is 0 Å². The Morgan fingerprint density at radius 1 is 1.12 bits per heavy atom. The van der Waals surface area contributed by atoms with Gasteiger partial charge in [-0.25, -0.2) is 0 Å². The molecule has 0 saturated carbocycles. The minimum atomic E-state index is -4.60. The third-order valence-electron chi connectivity index (χ3n) is 5.35. The van der Waals surface area contributed by atoms with Crippen molar-refractivity contribution in [1.29, 1.82) is 0 Å². The van der Waals surface area contributed by atoms with Crippen LogP contribution in [0.1, 0.15) is 51.4 Å². The summed E-state index contributed by atoms with van der Waals surface area (Å²) < 4.78 is 40.1. The zero-order chi connectivity index (χ0) is 30.7. The van der Waals surface area contributed by atoms with Crippen LogP contribution in [0, 0.1) is 13.8 Å². The van der Waals surface area contributed by atoms with Gasteiger partial charge in [-0.3, -0.25) is 14.3 Å². The van der Waals surface area contributed by atoms with E-state index in [-0.39, 0.29) is 11.3 Å². The fraction of sp³-hybridized carbons (Fsp3) is 0.355. The number of halogens is 3. The van der Waals surface area contributed by atoms with Gasteiger partial charge in [-0.2, -0.15) is 0 Å². The fourth-order valence-corrected chi connectivity index (χ4v) is 3.71. The van der Waals surface area contributed by atoms with Gasteiger partial charge in [0, 0.05) is 42.9 Å². The van der Waals surface area contributed by atoms with Crippen LogP contribution in [0.3, 0.4) is 0 Å². The molecule has 0 aliphatic heterocycles. The van der Waals surface area contributed by atoms with Crippen molar-refractivity contribution in [1.82, 2.24) is 9.55 Å². The summed E-state index contributed by atoms with van der Waals surface area (Å²) in [6.07, 6.45) is 2.36. The topological polar surface area (TPSA) is 67.6 Å². The van der Waals surface area contributed by atoms with E-state index in [0.717, 1.165) is 28.1 Å². The Kier molecular flexibility index (Phi) is 12.9. The van der Waals surface area contributed by atoms with E-state index in [1.54, 1.807) is 62.9 Å². The van der Waals surface area contributed by atoms with Crippen LogP contribution in [0.15, 0.2) is 78.4 Å². The number of alkyl halides is 3. The fourth-order valence-electron chi connectivity index (χ4n) is 3.71. The quantitative estimate of drug-likeness (QED) is 0.309. The summed E-state index contributed by atoms with van der Waals surface area (Å²) in [5, 5.41) is 10.2. The van der Waals surface area contributed by atoms with Crippen molar-refractivity contribution in [2.75, 3.05) is 18.5 Å². The van der Waals surface area contributed by atoms with E-state index < -0.39 is 12.0 Å². The zero-order valence-electron chi connectivity index (χ0n) is 24.5. The minimum absolute atomic E-state index is 0.138. The van der Waals surface area contributed by atoms with Crippen molar-refractivity contribution in [2.45, 2.75) is 60.4 Å². The van der Waals surface area contributed by atoms with Gasteiger partial charge in [0.25, 0.3) is 5.56 Å². The molecule has 0 saturated heterocycles. The van der Waals surface area contributed by atoms with Crippen molar-refractivity contribution < 1.29 is 23.0 Å². The average molecular weight is 560 g/mol. The maximum absolute atomic E-state index is 12.4. The molecule has 2 aromatic carbocycles. The molecule has 0 unspecified atom stereocenters. The lowest BCUT2D eigenvalue weighted by molar-refractivity contribution is -0.274. The second kappa shape index (κ2) is 15.1. The molecule has 3 aromatic rings. The number of hydrogen-bond acceptors (Lipinski definition) is 5. The molecule has 0 spiro atoms. The van der Waals surface area contributed by atoms with E-state index in [1.807, 2.05) is 57.0 Å². The smallest absolute Gasteiger partial charge is 0.406 e. The van der Waals surface area contributed by atoms with Crippen LogP contribution >= 0.6 is 0 Å². The summed E-state index contributed by atoms with van der Waals surface area (Å²) in [4.78, 5) is 18.5. The molecule has 218 valence electrons. The van der Waals surface area contributed by atoms with Crippen LogP contribution in [0.2, 0.25) is 0 Å². The molecule has 0 bridgehead atoms. The number of aromatic nitrogens is 2. The molecule has 1 heterocycles. The highest BCUT2D eigenvalue weighted by atomic mass is 19.4. The van der Waals surface area contributed by atoms with Gasteiger partial charge in [0.05, 0.1) is 5.60 Å². The van der Waals surface area contributed by atoms with Gasteiger partial charge in [0.1, 0.15) is 11.4 Å². The predicted octanol–water partition coefficient (Wildman–Crippen LogP) is 7.26. The van der Waals surface area contributed by atoms with Gasteiger partial charge in [-0.15, -0.1) is 13.2 Å². The maximum atomic E-state index is 12.4. The number of ether oxygens (including phenoxy) is 1. The molecule has 9 heteroatoms. The molecular formula is C31H40F3N3O3. The SMILES string of the molecule is C=C/C=C(/C)c1cc(-n2ccnc(C)c2=O)ccc1N(C)CC(C)(C)O.CC.Cc1ccc(OC(F)(F)F)cc1. The highest BCUT2D eigenvalue weighted by Gasteiger charge is 2.30. The van der Waals surface area contributed by atoms with Gasteiger partial charge in [-0.05, 0) is 70.5 Å². The van der Waals surface area contributed by atoms with Crippen LogP contribution in [-0.2, 0) is 0 Å². The molecule has 0 fully saturated rings. The summed E-state index contributed by atoms with van der Waals surface area (Å²) in [6.45, 7) is 17.3. The van der Waals surface area contributed by atoms with Crippen molar-refractivity contribution in [3.63, 3.8) is 0 Å². The number of aryl methyl sites for hydroxylation is 2. The second-order valence-electron chi connectivity index (χ2n) is 9.50. The van der Waals surface area contributed by atoms with E-state index in [2.05, 4.69) is 16.3 Å². The van der Waals surface area contributed by atoms with E-state index in [0.29, 0.717) is 12.2 Å². The first-order chi connectivity index (χ1) is 18.6. The van der Waals surface area contributed by atoms with Crippen molar-refractivity contribution in [3.05, 3.63) is 101 Å². The second-order valence-corrected chi connectivity index (χ2v) is 9.50. The Balaban J connectivity index is 0.000000477. The summed E-state index contributed by atoms with van der Waals surface area (Å²) in [7, 11) is 1.94. The largest absolute Gasteiger partial charge is 0.573 e. The minimum Gasteiger partial charge on any atom is -0.406 e. The molecule has 0 atom stereocenters. The highest BCUT2D eigenvalue weighted by Crippen LogP contribution is 2.30. The zero-order valence-corrected chi connectivity index (χ0v) is 24.5. The van der Waals surface area contributed by atoms with Crippen LogP contribution in [0.4, 0.5) is 18.9 Å². The van der Waals surface area contributed by atoms with Crippen LogP contribution in [0.25, 0.3) is 11.3 Å². The molecule has 0 radical (unpaired) electrons. The highest BCUT2D eigenvalue weighted by molar-refractivity contribution is 5.78. The number of benzene rings is 2. The summed E-state index contributed by atoms with van der Waals surface area (Å²) in [5.41, 5.74) is 4.15. The third-order valence-corrected chi connectivity index (χ3v) is 5.35. The number of rotatable bonds is 7. The summed E-state index contributed by atoms with van der Waals surface area (Å²) >= 11 is 0. The molecule has 40 heavy (non-hydrogen) atoms.